The standard InChI is InChI=1S/C32H41N5O6/c1-24(2)43-27-7-5-26(6-8-27)37(23-39)36-12-10-35(11-13-36)32-25(22-38)21-33-29-20-31(30(40-3)19-28(29)32)42-16-4-9-34-14-17-41-18-15-34/h5-8,19-21,23-24,29H,4,9-18H2,1-3H3. The van der Waals surface area contributed by atoms with Crippen molar-refractivity contribution in [2.75, 3.05) is 77.8 Å². The maximum atomic E-state index is 12.1. The minimum Gasteiger partial charge on any atom is -0.493 e. The van der Waals surface area contributed by atoms with E-state index in [1.807, 2.05) is 55.3 Å². The highest BCUT2D eigenvalue weighted by atomic mass is 16.5. The number of hydrazine groups is 1. The SMILES string of the molecule is COC1=CC2=C(N3CCN(N(C=O)c4ccc(OC(C)C)cc4)CC3)C(=C=O)C=NC2C=C1OCCCN1CCOCC1. The Balaban J connectivity index is 1.25. The van der Waals surface area contributed by atoms with Crippen molar-refractivity contribution in [2.45, 2.75) is 32.4 Å². The number of anilines is 1. The molecule has 0 radical (unpaired) electrons. The van der Waals surface area contributed by atoms with Crippen LogP contribution in [-0.2, 0) is 23.8 Å². The highest BCUT2D eigenvalue weighted by molar-refractivity contribution is 5.97. The van der Waals surface area contributed by atoms with Crippen LogP contribution in [-0.4, -0.2) is 118 Å². The maximum absolute atomic E-state index is 12.1. The largest absolute Gasteiger partial charge is 0.493 e. The number of aliphatic imine (C=N–C) groups is 1. The average Bonchev–Trinajstić information content (AvgIpc) is 3.04. The van der Waals surface area contributed by atoms with Gasteiger partial charge < -0.3 is 23.8 Å². The van der Waals surface area contributed by atoms with E-state index in [4.69, 9.17) is 18.9 Å². The molecule has 5 rings (SSSR count). The second kappa shape index (κ2) is 14.5. The Labute approximate surface area is 253 Å². The first-order valence-electron chi connectivity index (χ1n) is 15.0. The number of dihydropyridines is 1. The van der Waals surface area contributed by atoms with E-state index in [9.17, 15) is 9.59 Å². The summed E-state index contributed by atoms with van der Waals surface area (Å²) < 4.78 is 23.0. The number of fused-ring (bicyclic) bond motifs is 1. The van der Waals surface area contributed by atoms with Gasteiger partial charge in [0.25, 0.3) is 0 Å². The van der Waals surface area contributed by atoms with Gasteiger partial charge in [-0.1, -0.05) is 0 Å². The second-order valence-electron chi connectivity index (χ2n) is 11.0. The third-order valence-corrected chi connectivity index (χ3v) is 7.81. The van der Waals surface area contributed by atoms with Crippen LogP contribution in [0.4, 0.5) is 5.69 Å². The monoisotopic (exact) mass is 591 g/mol. The van der Waals surface area contributed by atoms with Gasteiger partial charge in [-0.05, 0) is 56.7 Å². The number of allylic oxidation sites excluding steroid dienone is 1. The lowest BCUT2D eigenvalue weighted by Crippen LogP contribution is -2.53. The Hall–Kier alpha value is -3.89. The van der Waals surface area contributed by atoms with Crippen molar-refractivity contribution in [3.8, 4) is 5.75 Å². The van der Waals surface area contributed by atoms with Gasteiger partial charge in [0.15, 0.2) is 11.5 Å². The number of benzene rings is 1. The summed E-state index contributed by atoms with van der Waals surface area (Å²) in [5.41, 5.74) is 2.84. The molecule has 2 saturated heterocycles. The number of carbonyl (C=O) groups excluding carboxylic acids is 2. The van der Waals surface area contributed by atoms with Gasteiger partial charge in [-0.15, -0.1) is 0 Å². The van der Waals surface area contributed by atoms with Crippen LogP contribution in [0.25, 0.3) is 0 Å². The van der Waals surface area contributed by atoms with E-state index < -0.39 is 0 Å². The van der Waals surface area contributed by atoms with E-state index in [1.54, 1.807) is 18.3 Å². The van der Waals surface area contributed by atoms with Crippen LogP contribution < -0.4 is 9.75 Å². The summed E-state index contributed by atoms with van der Waals surface area (Å²) in [5, 5.41) is 3.64. The molecule has 3 heterocycles. The summed E-state index contributed by atoms with van der Waals surface area (Å²) in [7, 11) is 1.62. The molecule has 1 aromatic rings. The quantitative estimate of drug-likeness (QED) is 0.207. The lowest BCUT2D eigenvalue weighted by molar-refractivity contribution is -0.110. The molecule has 1 atom stereocenters. The average molecular weight is 592 g/mol. The zero-order valence-electron chi connectivity index (χ0n) is 25.2. The molecular weight excluding hydrogens is 550 g/mol. The van der Waals surface area contributed by atoms with Crippen molar-refractivity contribution < 1.29 is 28.5 Å². The first-order valence-corrected chi connectivity index (χ1v) is 15.0. The van der Waals surface area contributed by atoms with Crippen LogP contribution in [0, 0.1) is 0 Å². The molecule has 4 aliphatic rings. The lowest BCUT2D eigenvalue weighted by atomic mass is 9.92. The van der Waals surface area contributed by atoms with Crippen LogP contribution in [0.15, 0.2) is 69.8 Å². The topological polar surface area (TPSA) is 96.4 Å². The second-order valence-corrected chi connectivity index (χ2v) is 11.0. The van der Waals surface area contributed by atoms with Crippen LogP contribution >= 0.6 is 0 Å². The zero-order chi connectivity index (χ0) is 30.2. The molecule has 0 bridgehead atoms. The van der Waals surface area contributed by atoms with Crippen LogP contribution in [0.3, 0.4) is 0 Å². The Morgan fingerprint density at radius 2 is 1.84 bits per heavy atom. The van der Waals surface area contributed by atoms with Crippen LogP contribution in [0.5, 0.6) is 5.75 Å². The molecule has 11 nitrogen and oxygen atoms in total. The highest BCUT2D eigenvalue weighted by Crippen LogP contribution is 2.34. The minimum atomic E-state index is -0.295. The molecule has 0 spiro atoms. The molecule has 1 aliphatic carbocycles. The highest BCUT2D eigenvalue weighted by Gasteiger charge is 2.33. The first kappa shape index (κ1) is 30.6. The molecule has 0 aromatic heterocycles. The van der Waals surface area contributed by atoms with Crippen molar-refractivity contribution >= 4 is 24.3 Å². The Bertz CT molecular complexity index is 1300. The first-order chi connectivity index (χ1) is 21.0. The van der Waals surface area contributed by atoms with E-state index in [1.165, 1.54) is 0 Å². The molecule has 1 unspecified atom stereocenters. The number of hydrogen-bond acceptors (Lipinski definition) is 10. The molecule has 2 fully saturated rings. The van der Waals surface area contributed by atoms with E-state index in [2.05, 4.69) is 20.7 Å². The summed E-state index contributed by atoms with van der Waals surface area (Å²) in [5.74, 6) is 4.10. The molecule has 1 aromatic carbocycles. The fourth-order valence-corrected chi connectivity index (χ4v) is 5.69. The van der Waals surface area contributed by atoms with Gasteiger partial charge in [-0.2, -0.15) is 0 Å². The number of hydrogen-bond donors (Lipinski definition) is 0. The predicted octanol–water partition coefficient (Wildman–Crippen LogP) is 2.60. The number of ether oxygens (including phenoxy) is 4. The van der Waals surface area contributed by atoms with E-state index in [0.717, 1.165) is 68.4 Å². The van der Waals surface area contributed by atoms with Gasteiger partial charge in [0.05, 0.1) is 50.5 Å². The number of piperazine rings is 1. The summed E-state index contributed by atoms with van der Waals surface area (Å²) in [6.45, 7) is 11.3. The summed E-state index contributed by atoms with van der Waals surface area (Å²) >= 11 is 0. The van der Waals surface area contributed by atoms with Crippen molar-refractivity contribution in [1.29, 1.82) is 0 Å². The molecule has 230 valence electrons. The number of amides is 1. The van der Waals surface area contributed by atoms with E-state index >= 15 is 0 Å². The van der Waals surface area contributed by atoms with Crippen molar-refractivity contribution in [1.82, 2.24) is 14.8 Å². The molecule has 43 heavy (non-hydrogen) atoms. The molecule has 0 N–H and O–H groups in total. The van der Waals surface area contributed by atoms with Gasteiger partial charge in [0.2, 0.25) is 6.41 Å². The van der Waals surface area contributed by atoms with Crippen LogP contribution in [0.1, 0.15) is 20.3 Å². The molecule has 0 saturated carbocycles. The summed E-state index contributed by atoms with van der Waals surface area (Å²) in [6, 6.07) is 7.21. The van der Waals surface area contributed by atoms with Gasteiger partial charge in [0.1, 0.15) is 17.3 Å². The fourth-order valence-electron chi connectivity index (χ4n) is 5.69. The lowest BCUT2D eigenvalue weighted by Gasteiger charge is -2.42. The van der Waals surface area contributed by atoms with Gasteiger partial charge in [0, 0.05) is 57.6 Å². The third kappa shape index (κ3) is 7.37. The van der Waals surface area contributed by atoms with Gasteiger partial charge in [-0.25, -0.2) is 14.8 Å². The van der Waals surface area contributed by atoms with Crippen molar-refractivity contribution in [2.24, 2.45) is 4.99 Å². The minimum absolute atomic E-state index is 0.0744. The van der Waals surface area contributed by atoms with Crippen molar-refractivity contribution in [3.05, 3.63) is 64.8 Å². The van der Waals surface area contributed by atoms with E-state index in [-0.39, 0.29) is 12.1 Å². The zero-order valence-corrected chi connectivity index (χ0v) is 25.2. The maximum Gasteiger partial charge on any atom is 0.228 e. The fraction of sp³-hybridized carbons (Fsp3) is 0.500. The summed E-state index contributed by atoms with van der Waals surface area (Å²) in [4.78, 5) is 33.3. The Kier molecular flexibility index (Phi) is 10.3. The Morgan fingerprint density at radius 3 is 2.49 bits per heavy atom. The number of morpholine rings is 1. The molecular formula is C32H41N5O6. The molecule has 11 heteroatoms. The smallest absolute Gasteiger partial charge is 0.228 e. The Morgan fingerprint density at radius 1 is 1.09 bits per heavy atom. The summed E-state index contributed by atoms with van der Waals surface area (Å²) in [6.07, 6.45) is 7.28. The van der Waals surface area contributed by atoms with Gasteiger partial charge >= 0.3 is 0 Å². The van der Waals surface area contributed by atoms with Crippen molar-refractivity contribution in [3.63, 3.8) is 0 Å². The third-order valence-electron chi connectivity index (χ3n) is 7.81. The van der Waals surface area contributed by atoms with Gasteiger partial charge in [-0.3, -0.25) is 14.7 Å². The number of rotatable bonds is 12. The van der Waals surface area contributed by atoms with Crippen LogP contribution in [0.2, 0.25) is 0 Å². The molecule has 1 amide bonds. The number of methoxy groups -OCH3 is 1. The molecule has 3 aliphatic heterocycles. The van der Waals surface area contributed by atoms with E-state index in [0.29, 0.717) is 49.9 Å². The number of carbonyl (C=O) groups is 1. The predicted molar refractivity (Wildman–Crippen MR) is 163 cm³/mol. The normalized spacial score (nSPS) is 21.2. The number of nitrogens with zero attached hydrogens (tertiary/aromatic N) is 5.